The van der Waals surface area contributed by atoms with Crippen molar-refractivity contribution in [2.45, 2.75) is 95.9 Å². The molecule has 0 bridgehead atoms. The molecule has 0 radical (unpaired) electrons. The Balaban J connectivity index is 1.45. The lowest BCUT2D eigenvalue weighted by Gasteiger charge is -2.46. The molecule has 4 fully saturated rings. The molecule has 4 nitrogen and oxygen atoms in total. The molecule has 3 saturated carbocycles. The van der Waals surface area contributed by atoms with E-state index < -0.39 is 24.2 Å². The van der Waals surface area contributed by atoms with Gasteiger partial charge in [0.05, 0.1) is 12.2 Å². The van der Waals surface area contributed by atoms with Gasteiger partial charge in [0.25, 0.3) is 6.43 Å². The van der Waals surface area contributed by atoms with Crippen molar-refractivity contribution in [2.24, 2.45) is 23.2 Å². The summed E-state index contributed by atoms with van der Waals surface area (Å²) >= 11 is 0. The van der Waals surface area contributed by atoms with E-state index in [1.807, 2.05) is 0 Å². The van der Waals surface area contributed by atoms with Crippen LogP contribution in [0.3, 0.4) is 0 Å². The quantitative estimate of drug-likeness (QED) is 0.527. The van der Waals surface area contributed by atoms with Gasteiger partial charge >= 0.3 is 0 Å². The van der Waals surface area contributed by atoms with E-state index in [2.05, 4.69) is 37.5 Å². The van der Waals surface area contributed by atoms with Gasteiger partial charge in [0.15, 0.2) is 0 Å². The molecule has 1 aliphatic heterocycles. The topological polar surface area (TPSA) is 63.9 Å². The first-order valence-electron chi connectivity index (χ1n) is 13.2. The van der Waals surface area contributed by atoms with E-state index in [4.69, 9.17) is 0 Å². The molecule has 0 aromatic rings. The smallest absolute Gasteiger partial charge is 0.268 e. The molecule has 4 aliphatic rings. The number of halogens is 2. The zero-order valence-corrected chi connectivity index (χ0v) is 20.9. The summed E-state index contributed by atoms with van der Waals surface area (Å²) in [6, 6.07) is 0. The van der Waals surface area contributed by atoms with Crippen molar-refractivity contribution >= 4 is 0 Å². The second-order valence-electron chi connectivity index (χ2n) is 11.9. The SMILES string of the molecule is C=C1/C(=C\C=C2/CCC[C@]3(C)[C@@H](C(C)CN4CCCC(O)(C(F)F)C4)CC[C@@H]23)C[C@@H](O)C[C@@H]1O. The molecule has 2 unspecified atom stereocenters. The van der Waals surface area contributed by atoms with Crippen LogP contribution in [0.5, 0.6) is 0 Å². The van der Waals surface area contributed by atoms with E-state index in [0.717, 1.165) is 49.9 Å². The minimum Gasteiger partial charge on any atom is -0.393 e. The normalized spacial score (nSPS) is 43.0. The van der Waals surface area contributed by atoms with Crippen LogP contribution in [-0.4, -0.2) is 64.1 Å². The summed E-state index contributed by atoms with van der Waals surface area (Å²) in [5, 5.41) is 30.6. The second kappa shape index (κ2) is 10.1. The van der Waals surface area contributed by atoms with Crippen molar-refractivity contribution in [3.63, 3.8) is 0 Å². The highest BCUT2D eigenvalue weighted by Crippen LogP contribution is 2.59. The molecule has 6 heteroatoms. The van der Waals surface area contributed by atoms with Crippen LogP contribution in [0.25, 0.3) is 0 Å². The second-order valence-corrected chi connectivity index (χ2v) is 11.9. The summed E-state index contributed by atoms with van der Waals surface area (Å²) in [4.78, 5) is 2.06. The van der Waals surface area contributed by atoms with E-state index in [-0.39, 0.29) is 18.4 Å². The number of fused-ring (bicyclic) bond motifs is 1. The van der Waals surface area contributed by atoms with Crippen LogP contribution >= 0.6 is 0 Å². The third kappa shape index (κ3) is 5.07. The molecule has 0 spiro atoms. The average Bonchev–Trinajstić information content (AvgIpc) is 3.13. The molecule has 0 aromatic heterocycles. The summed E-state index contributed by atoms with van der Waals surface area (Å²) < 4.78 is 26.8. The summed E-state index contributed by atoms with van der Waals surface area (Å²) in [7, 11) is 0. The zero-order chi connectivity index (χ0) is 24.7. The maximum atomic E-state index is 13.4. The summed E-state index contributed by atoms with van der Waals surface area (Å²) in [6.07, 6.45) is 7.84. The average molecular weight is 480 g/mol. The molecule has 3 N–H and O–H groups in total. The van der Waals surface area contributed by atoms with E-state index in [1.165, 1.54) is 12.0 Å². The van der Waals surface area contributed by atoms with Gasteiger partial charge in [-0.2, -0.15) is 0 Å². The van der Waals surface area contributed by atoms with E-state index in [9.17, 15) is 24.1 Å². The first kappa shape index (κ1) is 26.0. The molecular weight excluding hydrogens is 436 g/mol. The standard InChI is InChI=1S/C28H43F2NO3/c1-18(16-31-13-5-12-28(34,17-31)26(29)30)23-9-10-24-20(6-4-11-27(23,24)3)7-8-21-14-22(32)15-25(33)19(21)2/h7-8,18,22-26,32-34H,2,4-6,9-17H2,1,3H3/b20-7+,21-8-/t18?,22-,23-,24+,25+,27-,28?/m1/s1. The van der Waals surface area contributed by atoms with E-state index in [1.54, 1.807) is 0 Å². The highest BCUT2D eigenvalue weighted by atomic mass is 19.3. The Morgan fingerprint density at radius 1 is 1.18 bits per heavy atom. The van der Waals surface area contributed by atoms with Gasteiger partial charge < -0.3 is 15.3 Å². The Morgan fingerprint density at radius 2 is 1.94 bits per heavy atom. The monoisotopic (exact) mass is 479 g/mol. The fourth-order valence-electron chi connectivity index (χ4n) is 7.70. The fraction of sp³-hybridized carbons (Fsp3) is 0.786. The zero-order valence-electron chi connectivity index (χ0n) is 20.9. The number of rotatable bonds is 5. The Hall–Kier alpha value is -1.08. The number of nitrogens with zero attached hydrogens (tertiary/aromatic N) is 1. The first-order chi connectivity index (χ1) is 16.0. The Morgan fingerprint density at radius 3 is 2.68 bits per heavy atom. The summed E-state index contributed by atoms with van der Waals surface area (Å²) in [5.41, 5.74) is 1.47. The van der Waals surface area contributed by atoms with Crippen LogP contribution in [0, 0.1) is 23.2 Å². The molecule has 4 rings (SSSR count). The fourth-order valence-corrected chi connectivity index (χ4v) is 7.70. The minimum atomic E-state index is -2.69. The van der Waals surface area contributed by atoms with Crippen LogP contribution in [0.4, 0.5) is 8.78 Å². The molecule has 1 heterocycles. The summed E-state index contributed by atoms with van der Waals surface area (Å²) in [5.74, 6) is 1.43. The van der Waals surface area contributed by atoms with Crippen molar-refractivity contribution in [1.82, 2.24) is 4.90 Å². The van der Waals surface area contributed by atoms with Crippen molar-refractivity contribution < 1.29 is 24.1 Å². The molecular formula is C28H43F2NO3. The highest BCUT2D eigenvalue weighted by Gasteiger charge is 2.51. The number of alkyl halides is 2. The van der Waals surface area contributed by atoms with Crippen molar-refractivity contribution in [1.29, 1.82) is 0 Å². The van der Waals surface area contributed by atoms with Crippen LogP contribution in [0.15, 0.2) is 35.5 Å². The number of hydrogen-bond donors (Lipinski definition) is 3. The van der Waals surface area contributed by atoms with Gasteiger partial charge in [-0.1, -0.05) is 38.2 Å². The lowest BCUT2D eigenvalue weighted by molar-refractivity contribution is -0.133. The molecule has 1 saturated heterocycles. The Kier molecular flexibility index (Phi) is 7.74. The van der Waals surface area contributed by atoms with Crippen molar-refractivity contribution in [3.8, 4) is 0 Å². The number of allylic oxidation sites excluding steroid dienone is 3. The third-order valence-electron chi connectivity index (χ3n) is 9.52. The number of aliphatic hydroxyl groups is 3. The van der Waals surface area contributed by atoms with Crippen molar-refractivity contribution in [2.75, 3.05) is 19.6 Å². The number of hydrogen-bond acceptors (Lipinski definition) is 4. The molecule has 7 atom stereocenters. The minimum absolute atomic E-state index is 0.0716. The largest absolute Gasteiger partial charge is 0.393 e. The van der Waals surface area contributed by atoms with Crippen LogP contribution in [0.2, 0.25) is 0 Å². The van der Waals surface area contributed by atoms with Crippen LogP contribution in [-0.2, 0) is 0 Å². The number of piperidine rings is 1. The highest BCUT2D eigenvalue weighted by molar-refractivity contribution is 5.38. The van der Waals surface area contributed by atoms with Gasteiger partial charge in [-0.3, -0.25) is 4.90 Å². The third-order valence-corrected chi connectivity index (χ3v) is 9.52. The number of likely N-dealkylation sites (tertiary alicyclic amines) is 1. The maximum absolute atomic E-state index is 13.4. The lowest BCUT2D eigenvalue weighted by Crippen LogP contribution is -2.54. The van der Waals surface area contributed by atoms with Gasteiger partial charge in [0.1, 0.15) is 5.60 Å². The number of β-amino-alcohol motifs (C(OH)–C–C–N with tert-alkyl or cyclic N) is 1. The van der Waals surface area contributed by atoms with Crippen LogP contribution < -0.4 is 0 Å². The van der Waals surface area contributed by atoms with Crippen LogP contribution in [0.1, 0.15) is 71.6 Å². The summed E-state index contributed by atoms with van der Waals surface area (Å²) in [6.45, 7) is 10.3. The first-order valence-corrected chi connectivity index (χ1v) is 13.2. The maximum Gasteiger partial charge on any atom is 0.268 e. The molecule has 192 valence electrons. The van der Waals surface area contributed by atoms with Crippen molar-refractivity contribution in [3.05, 3.63) is 35.5 Å². The predicted molar refractivity (Wildman–Crippen MR) is 131 cm³/mol. The lowest BCUT2D eigenvalue weighted by atomic mass is 9.61. The van der Waals surface area contributed by atoms with Gasteiger partial charge in [-0.15, -0.1) is 0 Å². The van der Waals surface area contributed by atoms with Gasteiger partial charge in [0, 0.05) is 19.5 Å². The Labute approximate surface area is 203 Å². The van der Waals surface area contributed by atoms with E-state index >= 15 is 0 Å². The van der Waals surface area contributed by atoms with Gasteiger partial charge in [0.2, 0.25) is 0 Å². The Bertz CT molecular complexity index is 826. The molecule has 0 amide bonds. The molecule has 34 heavy (non-hydrogen) atoms. The molecule has 0 aromatic carbocycles. The number of aliphatic hydroxyl groups excluding tert-OH is 2. The predicted octanol–water partition coefficient (Wildman–Crippen LogP) is 4.86. The van der Waals surface area contributed by atoms with E-state index in [0.29, 0.717) is 37.0 Å². The van der Waals surface area contributed by atoms with Gasteiger partial charge in [-0.05, 0) is 92.2 Å². The molecule has 3 aliphatic carbocycles. The van der Waals surface area contributed by atoms with Gasteiger partial charge in [-0.25, -0.2) is 8.78 Å².